The molecule has 3 nitrogen and oxygen atoms in total. The van der Waals surface area contributed by atoms with Crippen molar-refractivity contribution in [1.82, 2.24) is 15.5 Å². The zero-order valence-electron chi connectivity index (χ0n) is 8.88. The number of aryl methyl sites for hydroxylation is 2. The van der Waals surface area contributed by atoms with Gasteiger partial charge in [-0.1, -0.05) is 6.92 Å². The van der Waals surface area contributed by atoms with Gasteiger partial charge in [0.15, 0.2) is 0 Å². The van der Waals surface area contributed by atoms with Crippen LogP contribution in [-0.2, 0) is 6.42 Å². The van der Waals surface area contributed by atoms with E-state index in [1.165, 1.54) is 18.4 Å². The highest BCUT2D eigenvalue weighted by molar-refractivity contribution is 5.25. The van der Waals surface area contributed by atoms with Gasteiger partial charge in [0, 0.05) is 6.04 Å². The van der Waals surface area contributed by atoms with Crippen molar-refractivity contribution in [3.05, 3.63) is 23.0 Å². The molecule has 0 radical (unpaired) electrons. The second-order valence-corrected chi connectivity index (χ2v) is 3.89. The van der Waals surface area contributed by atoms with Crippen LogP contribution < -0.4 is 5.32 Å². The van der Waals surface area contributed by atoms with E-state index >= 15 is 0 Å². The number of nitrogens with one attached hydrogen (secondary N) is 1. The summed E-state index contributed by atoms with van der Waals surface area (Å²) in [6.45, 7) is 5.28. The molecule has 0 aromatic carbocycles. The van der Waals surface area contributed by atoms with Gasteiger partial charge in [0.25, 0.3) is 0 Å². The van der Waals surface area contributed by atoms with Gasteiger partial charge in [-0.15, -0.1) is 0 Å². The van der Waals surface area contributed by atoms with Crippen LogP contribution in [0.1, 0.15) is 42.8 Å². The van der Waals surface area contributed by atoms with E-state index in [2.05, 4.69) is 28.5 Å². The summed E-state index contributed by atoms with van der Waals surface area (Å²) in [7, 11) is 0. The third-order valence-electron chi connectivity index (χ3n) is 2.80. The van der Waals surface area contributed by atoms with Crippen LogP contribution in [0.5, 0.6) is 0 Å². The number of rotatable bonds is 2. The molecule has 0 amide bonds. The van der Waals surface area contributed by atoms with Gasteiger partial charge in [-0.2, -0.15) is 10.2 Å². The fraction of sp³-hybridized carbons (Fsp3) is 0.636. The Morgan fingerprint density at radius 3 is 3.00 bits per heavy atom. The fourth-order valence-electron chi connectivity index (χ4n) is 2.06. The maximum atomic E-state index is 4.25. The largest absolute Gasteiger partial charge is 0.310 e. The van der Waals surface area contributed by atoms with Crippen molar-refractivity contribution in [3.8, 4) is 0 Å². The molecule has 1 fully saturated rings. The Balaban J connectivity index is 2.33. The minimum Gasteiger partial charge on any atom is -0.310 e. The summed E-state index contributed by atoms with van der Waals surface area (Å²) in [4.78, 5) is 0. The lowest BCUT2D eigenvalue weighted by Gasteiger charge is -2.13. The first-order valence-electron chi connectivity index (χ1n) is 5.37. The second-order valence-electron chi connectivity index (χ2n) is 3.89. The second kappa shape index (κ2) is 4.05. The molecule has 1 aromatic rings. The molecule has 1 saturated heterocycles. The summed E-state index contributed by atoms with van der Waals surface area (Å²) in [5.41, 5.74) is 3.53. The first kappa shape index (κ1) is 9.59. The Labute approximate surface area is 84.9 Å². The van der Waals surface area contributed by atoms with Crippen LogP contribution in [0.4, 0.5) is 0 Å². The maximum Gasteiger partial charge on any atom is 0.0676 e. The Morgan fingerprint density at radius 1 is 1.50 bits per heavy atom. The Bertz CT molecular complexity index is 316. The molecule has 2 rings (SSSR count). The molecule has 1 N–H and O–H groups in total. The van der Waals surface area contributed by atoms with Gasteiger partial charge in [-0.25, -0.2) is 0 Å². The average molecular weight is 191 g/mol. The minimum atomic E-state index is 0.513. The van der Waals surface area contributed by atoms with Crippen molar-refractivity contribution >= 4 is 0 Å². The van der Waals surface area contributed by atoms with Gasteiger partial charge in [0.1, 0.15) is 0 Å². The maximum absolute atomic E-state index is 4.25. The number of hydrogen-bond acceptors (Lipinski definition) is 3. The van der Waals surface area contributed by atoms with Crippen LogP contribution in [0, 0.1) is 6.92 Å². The molecule has 1 unspecified atom stereocenters. The summed E-state index contributed by atoms with van der Waals surface area (Å²) in [5.74, 6) is 0. The molecule has 14 heavy (non-hydrogen) atoms. The van der Waals surface area contributed by atoms with Crippen molar-refractivity contribution in [3.63, 3.8) is 0 Å². The summed E-state index contributed by atoms with van der Waals surface area (Å²) < 4.78 is 0. The molecule has 0 bridgehead atoms. The third kappa shape index (κ3) is 1.77. The van der Waals surface area contributed by atoms with Gasteiger partial charge < -0.3 is 5.32 Å². The standard InChI is InChI=1S/C11H17N3/c1-3-10-9(7-8(2)13-14-10)11-5-4-6-12-11/h7,11-12H,3-6H2,1-2H3. The van der Waals surface area contributed by atoms with Crippen LogP contribution in [0.3, 0.4) is 0 Å². The van der Waals surface area contributed by atoms with Crippen molar-refractivity contribution in [2.24, 2.45) is 0 Å². The molecule has 0 spiro atoms. The Hall–Kier alpha value is -0.960. The zero-order valence-corrected chi connectivity index (χ0v) is 8.88. The predicted octanol–water partition coefficient (Wildman–Crippen LogP) is 1.77. The van der Waals surface area contributed by atoms with E-state index in [0.717, 1.165) is 24.4 Å². The quantitative estimate of drug-likeness (QED) is 0.774. The Kier molecular flexibility index (Phi) is 2.77. The number of aromatic nitrogens is 2. The van der Waals surface area contributed by atoms with Gasteiger partial charge >= 0.3 is 0 Å². The van der Waals surface area contributed by atoms with E-state index in [-0.39, 0.29) is 0 Å². The summed E-state index contributed by atoms with van der Waals surface area (Å²) in [5, 5.41) is 11.9. The zero-order chi connectivity index (χ0) is 9.97. The van der Waals surface area contributed by atoms with Gasteiger partial charge in [-0.3, -0.25) is 0 Å². The molecular formula is C11H17N3. The van der Waals surface area contributed by atoms with E-state index in [1.54, 1.807) is 0 Å². The molecule has 1 aliphatic heterocycles. The van der Waals surface area contributed by atoms with Crippen LogP contribution in [0.2, 0.25) is 0 Å². The molecule has 1 aromatic heterocycles. The molecule has 0 saturated carbocycles. The fourth-order valence-corrected chi connectivity index (χ4v) is 2.06. The highest BCUT2D eigenvalue weighted by atomic mass is 15.1. The third-order valence-corrected chi connectivity index (χ3v) is 2.80. The SMILES string of the molecule is CCc1nnc(C)cc1C1CCCN1. The molecule has 0 aliphatic carbocycles. The molecule has 3 heteroatoms. The lowest BCUT2D eigenvalue weighted by molar-refractivity contribution is 0.628. The number of hydrogen-bond donors (Lipinski definition) is 1. The van der Waals surface area contributed by atoms with E-state index < -0.39 is 0 Å². The van der Waals surface area contributed by atoms with Gasteiger partial charge in [0.2, 0.25) is 0 Å². The molecule has 2 heterocycles. The first-order chi connectivity index (χ1) is 6.81. The van der Waals surface area contributed by atoms with E-state index in [1.807, 2.05) is 6.92 Å². The van der Waals surface area contributed by atoms with Crippen LogP contribution in [0.25, 0.3) is 0 Å². The Morgan fingerprint density at radius 2 is 2.36 bits per heavy atom. The highest BCUT2D eigenvalue weighted by Crippen LogP contribution is 2.25. The van der Waals surface area contributed by atoms with Crippen LogP contribution in [0.15, 0.2) is 6.07 Å². The van der Waals surface area contributed by atoms with E-state index in [9.17, 15) is 0 Å². The highest BCUT2D eigenvalue weighted by Gasteiger charge is 2.19. The molecular weight excluding hydrogens is 174 g/mol. The monoisotopic (exact) mass is 191 g/mol. The summed E-state index contributed by atoms with van der Waals surface area (Å²) in [6.07, 6.45) is 3.48. The van der Waals surface area contributed by atoms with Crippen molar-refractivity contribution in [2.45, 2.75) is 39.2 Å². The molecule has 76 valence electrons. The van der Waals surface area contributed by atoms with Crippen LogP contribution in [-0.4, -0.2) is 16.7 Å². The lowest BCUT2D eigenvalue weighted by atomic mass is 10.0. The topological polar surface area (TPSA) is 37.8 Å². The predicted molar refractivity (Wildman–Crippen MR) is 56.1 cm³/mol. The van der Waals surface area contributed by atoms with Crippen molar-refractivity contribution in [1.29, 1.82) is 0 Å². The van der Waals surface area contributed by atoms with Crippen molar-refractivity contribution < 1.29 is 0 Å². The van der Waals surface area contributed by atoms with E-state index in [4.69, 9.17) is 0 Å². The summed E-state index contributed by atoms with van der Waals surface area (Å²) >= 11 is 0. The van der Waals surface area contributed by atoms with Crippen molar-refractivity contribution in [2.75, 3.05) is 6.54 Å². The normalized spacial score (nSPS) is 21.4. The smallest absolute Gasteiger partial charge is 0.0676 e. The molecule has 1 atom stereocenters. The lowest BCUT2D eigenvalue weighted by Crippen LogP contribution is -2.16. The molecule has 1 aliphatic rings. The first-order valence-corrected chi connectivity index (χ1v) is 5.37. The minimum absolute atomic E-state index is 0.513. The average Bonchev–Trinajstić information content (AvgIpc) is 2.70. The van der Waals surface area contributed by atoms with E-state index in [0.29, 0.717) is 6.04 Å². The summed E-state index contributed by atoms with van der Waals surface area (Å²) in [6, 6.07) is 2.69. The van der Waals surface area contributed by atoms with Crippen LogP contribution >= 0.6 is 0 Å². The van der Waals surface area contributed by atoms with Gasteiger partial charge in [-0.05, 0) is 44.4 Å². The van der Waals surface area contributed by atoms with Gasteiger partial charge in [0.05, 0.1) is 11.4 Å². The number of nitrogens with zero attached hydrogens (tertiary/aromatic N) is 2.